The number of nitrogens with one attached hydrogen (secondary N) is 1. The summed E-state index contributed by atoms with van der Waals surface area (Å²) in [5.74, 6) is -1.16. The lowest BCUT2D eigenvalue weighted by atomic mass is 10.0. The summed E-state index contributed by atoms with van der Waals surface area (Å²) in [7, 11) is 1.45. The van der Waals surface area contributed by atoms with E-state index in [9.17, 15) is 14.4 Å². The summed E-state index contributed by atoms with van der Waals surface area (Å²) in [4.78, 5) is 34.2. The van der Waals surface area contributed by atoms with Crippen LogP contribution >= 0.6 is 0 Å². The van der Waals surface area contributed by atoms with Crippen LogP contribution in [0.5, 0.6) is 0 Å². The highest BCUT2D eigenvalue weighted by Crippen LogP contribution is 2.14. The Kier molecular flexibility index (Phi) is 18.6. The van der Waals surface area contributed by atoms with Gasteiger partial charge in [-0.25, -0.2) is 9.59 Å². The van der Waals surface area contributed by atoms with E-state index in [0.29, 0.717) is 12.0 Å². The molecule has 1 aromatic carbocycles. The first kappa shape index (κ1) is 31.2. The van der Waals surface area contributed by atoms with Crippen molar-refractivity contribution in [3.63, 3.8) is 0 Å². The predicted octanol–water partition coefficient (Wildman–Crippen LogP) is 6.97. The molecule has 0 radical (unpaired) electrons. The average molecular weight is 504 g/mol. The lowest BCUT2D eigenvalue weighted by molar-refractivity contribution is -0.141. The second kappa shape index (κ2) is 21.5. The molecular formula is C29H45NO6. The molecule has 36 heavy (non-hydrogen) atoms. The van der Waals surface area contributed by atoms with Crippen LogP contribution in [0.3, 0.4) is 0 Å². The van der Waals surface area contributed by atoms with E-state index in [1.807, 2.05) is 12.1 Å². The van der Waals surface area contributed by atoms with Crippen LogP contribution < -0.4 is 5.32 Å². The van der Waals surface area contributed by atoms with Gasteiger partial charge in [0, 0.05) is 18.7 Å². The molecule has 0 aliphatic carbocycles. The lowest BCUT2D eigenvalue weighted by Gasteiger charge is -2.07. The summed E-state index contributed by atoms with van der Waals surface area (Å²) in [6.45, 7) is 2.89. The monoisotopic (exact) mass is 503 g/mol. The maximum Gasteiger partial charge on any atom is 0.342 e. The highest BCUT2D eigenvalue weighted by molar-refractivity contribution is 5.90. The van der Waals surface area contributed by atoms with E-state index in [1.165, 1.54) is 71.3 Å². The highest BCUT2D eigenvalue weighted by Gasteiger charge is 2.06. The van der Waals surface area contributed by atoms with Crippen LogP contribution in [0.2, 0.25) is 0 Å². The summed E-state index contributed by atoms with van der Waals surface area (Å²) in [6, 6.07) is 7.12. The van der Waals surface area contributed by atoms with Gasteiger partial charge in [-0.15, -0.1) is 0 Å². The zero-order valence-electron chi connectivity index (χ0n) is 22.2. The van der Waals surface area contributed by atoms with Gasteiger partial charge < -0.3 is 19.5 Å². The van der Waals surface area contributed by atoms with Gasteiger partial charge in [0.05, 0.1) is 25.4 Å². The fraction of sp³-hybridized carbons (Fsp3) is 0.621. The Morgan fingerprint density at radius 3 is 1.83 bits per heavy atom. The molecule has 1 aromatic rings. The number of ether oxygens (including phenoxy) is 3. The number of carbonyl (C=O) groups is 3. The van der Waals surface area contributed by atoms with Crippen molar-refractivity contribution in [3.05, 3.63) is 42.2 Å². The third kappa shape index (κ3) is 16.7. The van der Waals surface area contributed by atoms with E-state index in [2.05, 4.69) is 10.1 Å². The molecular weight excluding hydrogens is 458 g/mol. The third-order valence-electron chi connectivity index (χ3n) is 5.90. The Bertz CT molecular complexity index is 760. The van der Waals surface area contributed by atoms with Crippen LogP contribution in [0, 0.1) is 0 Å². The second-order valence-corrected chi connectivity index (χ2v) is 8.89. The van der Waals surface area contributed by atoms with E-state index < -0.39 is 11.9 Å². The van der Waals surface area contributed by atoms with E-state index >= 15 is 0 Å². The number of esters is 3. The molecule has 0 aliphatic rings. The molecule has 0 bridgehead atoms. The van der Waals surface area contributed by atoms with Crippen molar-refractivity contribution in [2.75, 3.05) is 25.6 Å². The Labute approximate surface area is 217 Å². The maximum absolute atomic E-state index is 12.0. The summed E-state index contributed by atoms with van der Waals surface area (Å²) in [5, 5.41) is 3.38. The first-order valence-electron chi connectivity index (χ1n) is 13.5. The Morgan fingerprint density at radius 2 is 1.31 bits per heavy atom. The van der Waals surface area contributed by atoms with Crippen molar-refractivity contribution in [1.29, 1.82) is 0 Å². The minimum Gasteiger partial charge on any atom is -0.469 e. The Hall–Kier alpha value is -2.83. The fourth-order valence-corrected chi connectivity index (χ4v) is 3.81. The summed E-state index contributed by atoms with van der Waals surface area (Å²) in [5.41, 5.74) is 1.39. The molecule has 1 N–H and O–H groups in total. The molecule has 0 saturated heterocycles. The molecule has 7 nitrogen and oxygen atoms in total. The summed E-state index contributed by atoms with van der Waals surface area (Å²) < 4.78 is 14.3. The van der Waals surface area contributed by atoms with E-state index in [-0.39, 0.29) is 12.6 Å². The summed E-state index contributed by atoms with van der Waals surface area (Å²) in [6.07, 6.45) is 18.8. The molecule has 0 amide bonds. The Balaban J connectivity index is 1.95. The van der Waals surface area contributed by atoms with Gasteiger partial charge in [0.1, 0.15) is 6.26 Å². The van der Waals surface area contributed by atoms with Crippen molar-refractivity contribution in [2.24, 2.45) is 0 Å². The first-order chi connectivity index (χ1) is 17.6. The summed E-state index contributed by atoms with van der Waals surface area (Å²) >= 11 is 0. The SMILES string of the molecule is CCOC(=O)/C=C/OC(=O)c1ccc(NCCCCCCCCCCCCCCCC(=O)OC)cc1. The zero-order valence-corrected chi connectivity index (χ0v) is 22.2. The first-order valence-corrected chi connectivity index (χ1v) is 13.5. The minimum absolute atomic E-state index is 0.0957. The van der Waals surface area contributed by atoms with Gasteiger partial charge in [-0.3, -0.25) is 4.79 Å². The highest BCUT2D eigenvalue weighted by atomic mass is 16.5. The van der Waals surface area contributed by atoms with E-state index in [4.69, 9.17) is 9.47 Å². The van der Waals surface area contributed by atoms with Crippen LogP contribution in [-0.2, 0) is 23.8 Å². The van der Waals surface area contributed by atoms with Crippen molar-refractivity contribution in [2.45, 2.75) is 96.8 Å². The number of methoxy groups -OCH3 is 1. The van der Waals surface area contributed by atoms with Gasteiger partial charge in [0.15, 0.2) is 0 Å². The van der Waals surface area contributed by atoms with Crippen LogP contribution in [0.4, 0.5) is 5.69 Å². The molecule has 7 heteroatoms. The molecule has 0 fully saturated rings. The van der Waals surface area contributed by atoms with Crippen LogP contribution in [0.25, 0.3) is 0 Å². The van der Waals surface area contributed by atoms with Crippen LogP contribution in [0.15, 0.2) is 36.6 Å². The quantitative estimate of drug-likeness (QED) is 0.0637. The van der Waals surface area contributed by atoms with Gasteiger partial charge in [0.25, 0.3) is 0 Å². The zero-order chi connectivity index (χ0) is 26.3. The van der Waals surface area contributed by atoms with Gasteiger partial charge >= 0.3 is 17.9 Å². The van der Waals surface area contributed by atoms with Crippen LogP contribution in [0.1, 0.15) is 107 Å². The maximum atomic E-state index is 12.0. The molecule has 1 rings (SSSR count). The number of benzene rings is 1. The predicted molar refractivity (Wildman–Crippen MR) is 143 cm³/mol. The third-order valence-corrected chi connectivity index (χ3v) is 5.90. The van der Waals surface area contributed by atoms with Gasteiger partial charge in [0.2, 0.25) is 0 Å². The van der Waals surface area contributed by atoms with Crippen molar-refractivity contribution < 1.29 is 28.6 Å². The van der Waals surface area contributed by atoms with Gasteiger partial charge in [-0.2, -0.15) is 0 Å². The molecule has 0 atom stereocenters. The number of rotatable bonds is 21. The Morgan fingerprint density at radius 1 is 0.778 bits per heavy atom. The molecule has 202 valence electrons. The molecule has 0 aliphatic heterocycles. The average Bonchev–Trinajstić information content (AvgIpc) is 2.88. The minimum atomic E-state index is -0.544. The van der Waals surface area contributed by atoms with Gasteiger partial charge in [-0.1, -0.05) is 70.6 Å². The molecule has 0 aromatic heterocycles. The van der Waals surface area contributed by atoms with Crippen LogP contribution in [-0.4, -0.2) is 38.2 Å². The van der Waals surface area contributed by atoms with E-state index in [1.54, 1.807) is 19.1 Å². The topological polar surface area (TPSA) is 90.9 Å². The number of hydrogen-bond donors (Lipinski definition) is 1. The number of anilines is 1. The smallest absolute Gasteiger partial charge is 0.342 e. The number of hydrogen-bond acceptors (Lipinski definition) is 7. The molecule has 0 unspecified atom stereocenters. The molecule has 0 saturated carbocycles. The van der Waals surface area contributed by atoms with Gasteiger partial charge in [-0.05, 0) is 44.0 Å². The van der Waals surface area contributed by atoms with Crippen molar-refractivity contribution in [1.82, 2.24) is 0 Å². The largest absolute Gasteiger partial charge is 0.469 e. The van der Waals surface area contributed by atoms with Crippen molar-refractivity contribution in [3.8, 4) is 0 Å². The number of carbonyl (C=O) groups excluding carboxylic acids is 3. The molecule has 0 heterocycles. The molecule has 0 spiro atoms. The fourth-order valence-electron chi connectivity index (χ4n) is 3.81. The second-order valence-electron chi connectivity index (χ2n) is 8.89. The normalized spacial score (nSPS) is 10.8. The lowest BCUT2D eigenvalue weighted by Crippen LogP contribution is -2.04. The number of unbranched alkanes of at least 4 members (excludes halogenated alkanes) is 12. The van der Waals surface area contributed by atoms with E-state index in [0.717, 1.165) is 43.8 Å². The standard InChI is InChI=1S/C29H45NO6/c1-3-35-28(32)22-24-36-29(33)25-18-20-26(21-19-25)30-23-16-14-12-10-8-6-4-5-7-9-11-13-15-17-27(31)34-2/h18-22,24,30H,3-17,23H2,1-2H3/b24-22+. The van der Waals surface area contributed by atoms with Crippen molar-refractivity contribution >= 4 is 23.6 Å².